The van der Waals surface area contributed by atoms with E-state index in [0.29, 0.717) is 5.56 Å². The molecule has 80 valence electrons. The van der Waals surface area contributed by atoms with Gasteiger partial charge in [-0.15, -0.1) is 0 Å². The SMILES string of the molecule is CN=C(N)/C=C(\N)c1ccc(F)c(F)c1. The molecule has 0 saturated carbocycles. The van der Waals surface area contributed by atoms with Crippen molar-refractivity contribution < 1.29 is 8.78 Å². The van der Waals surface area contributed by atoms with Gasteiger partial charge in [0.2, 0.25) is 0 Å². The van der Waals surface area contributed by atoms with Crippen LogP contribution in [0.4, 0.5) is 8.78 Å². The molecule has 0 aromatic heterocycles. The minimum Gasteiger partial charge on any atom is -0.398 e. The van der Waals surface area contributed by atoms with Crippen molar-refractivity contribution in [1.82, 2.24) is 0 Å². The van der Waals surface area contributed by atoms with Gasteiger partial charge in [0.15, 0.2) is 11.6 Å². The summed E-state index contributed by atoms with van der Waals surface area (Å²) in [6, 6.07) is 3.38. The fourth-order valence-corrected chi connectivity index (χ4v) is 0.983. The van der Waals surface area contributed by atoms with Gasteiger partial charge in [0.25, 0.3) is 0 Å². The first-order valence-corrected chi connectivity index (χ1v) is 4.19. The maximum absolute atomic E-state index is 12.8. The van der Waals surface area contributed by atoms with Gasteiger partial charge < -0.3 is 11.5 Å². The third-order valence-electron chi connectivity index (χ3n) is 1.81. The van der Waals surface area contributed by atoms with Gasteiger partial charge in [-0.2, -0.15) is 0 Å². The van der Waals surface area contributed by atoms with Crippen molar-refractivity contribution in [1.29, 1.82) is 0 Å². The molecule has 0 unspecified atom stereocenters. The average molecular weight is 211 g/mol. The molecule has 0 fully saturated rings. The molecule has 5 heteroatoms. The summed E-state index contributed by atoms with van der Waals surface area (Å²) < 4.78 is 25.4. The number of benzene rings is 1. The Hall–Kier alpha value is -1.91. The van der Waals surface area contributed by atoms with E-state index in [2.05, 4.69) is 4.99 Å². The molecule has 1 aromatic carbocycles. The minimum absolute atomic E-state index is 0.220. The van der Waals surface area contributed by atoms with Crippen LogP contribution in [0, 0.1) is 11.6 Å². The van der Waals surface area contributed by atoms with E-state index in [1.54, 1.807) is 0 Å². The number of hydrogen-bond acceptors (Lipinski definition) is 2. The van der Waals surface area contributed by atoms with E-state index >= 15 is 0 Å². The molecule has 1 rings (SSSR count). The molecule has 0 aliphatic rings. The third-order valence-corrected chi connectivity index (χ3v) is 1.81. The molecule has 0 radical (unpaired) electrons. The fourth-order valence-electron chi connectivity index (χ4n) is 0.983. The van der Waals surface area contributed by atoms with Crippen molar-refractivity contribution in [2.45, 2.75) is 0 Å². The van der Waals surface area contributed by atoms with Crippen LogP contribution in [0.15, 0.2) is 29.3 Å². The zero-order chi connectivity index (χ0) is 11.4. The minimum atomic E-state index is -0.948. The highest BCUT2D eigenvalue weighted by Gasteiger charge is 2.04. The highest BCUT2D eigenvalue weighted by Crippen LogP contribution is 2.13. The number of nitrogens with two attached hydrogens (primary N) is 2. The third kappa shape index (κ3) is 2.77. The highest BCUT2D eigenvalue weighted by atomic mass is 19.2. The Morgan fingerprint density at radius 3 is 2.47 bits per heavy atom. The normalized spacial score (nSPS) is 13.0. The van der Waals surface area contributed by atoms with Gasteiger partial charge in [-0.25, -0.2) is 8.78 Å². The quantitative estimate of drug-likeness (QED) is 0.571. The number of halogens is 2. The summed E-state index contributed by atoms with van der Waals surface area (Å²) in [4.78, 5) is 3.66. The second-order valence-corrected chi connectivity index (χ2v) is 2.88. The molecule has 0 aliphatic heterocycles. The van der Waals surface area contributed by atoms with Crippen LogP contribution in [0.1, 0.15) is 5.56 Å². The van der Waals surface area contributed by atoms with Crippen LogP contribution in [0.2, 0.25) is 0 Å². The molecule has 1 aromatic rings. The molecular formula is C10H11F2N3. The summed E-state index contributed by atoms with van der Waals surface area (Å²) in [5.74, 6) is -1.64. The first kappa shape index (κ1) is 11.2. The molecule has 4 N–H and O–H groups in total. The Balaban J connectivity index is 3.07. The zero-order valence-electron chi connectivity index (χ0n) is 8.17. The lowest BCUT2D eigenvalue weighted by molar-refractivity contribution is 0.508. The number of aliphatic imine (C=N–C) groups is 1. The van der Waals surface area contributed by atoms with Crippen molar-refractivity contribution >= 4 is 11.5 Å². The first-order chi connectivity index (χ1) is 7.04. The van der Waals surface area contributed by atoms with E-state index in [4.69, 9.17) is 11.5 Å². The van der Waals surface area contributed by atoms with Gasteiger partial charge in [0, 0.05) is 24.4 Å². The van der Waals surface area contributed by atoms with Crippen molar-refractivity contribution in [3.05, 3.63) is 41.5 Å². The van der Waals surface area contributed by atoms with Gasteiger partial charge in [-0.05, 0) is 18.2 Å². The van der Waals surface area contributed by atoms with Gasteiger partial charge >= 0.3 is 0 Å². The lowest BCUT2D eigenvalue weighted by Crippen LogP contribution is -2.10. The molecule has 0 heterocycles. The molecule has 15 heavy (non-hydrogen) atoms. The van der Waals surface area contributed by atoms with Crippen LogP contribution in [-0.2, 0) is 0 Å². The van der Waals surface area contributed by atoms with Crippen LogP contribution >= 0.6 is 0 Å². The van der Waals surface area contributed by atoms with Crippen molar-refractivity contribution in [2.24, 2.45) is 16.5 Å². The maximum atomic E-state index is 12.8. The molecule has 0 saturated heterocycles. The average Bonchev–Trinajstić information content (AvgIpc) is 2.21. The smallest absolute Gasteiger partial charge is 0.159 e. The molecule has 0 amide bonds. The van der Waals surface area contributed by atoms with Crippen molar-refractivity contribution in [3.8, 4) is 0 Å². The first-order valence-electron chi connectivity index (χ1n) is 4.19. The highest BCUT2D eigenvalue weighted by molar-refractivity contribution is 5.97. The lowest BCUT2D eigenvalue weighted by Gasteiger charge is -2.02. The Bertz CT molecular complexity index is 425. The second-order valence-electron chi connectivity index (χ2n) is 2.88. The van der Waals surface area contributed by atoms with Crippen LogP contribution < -0.4 is 11.5 Å². The summed E-state index contributed by atoms with van der Waals surface area (Å²) in [6.07, 6.45) is 1.38. The van der Waals surface area contributed by atoms with Gasteiger partial charge in [0.05, 0.1) is 0 Å². The number of rotatable bonds is 2. The Labute approximate surface area is 86.1 Å². The van der Waals surface area contributed by atoms with E-state index < -0.39 is 11.6 Å². The molecule has 0 aliphatic carbocycles. The predicted octanol–water partition coefficient (Wildman–Crippen LogP) is 1.25. The summed E-state index contributed by atoms with van der Waals surface area (Å²) in [7, 11) is 1.50. The van der Waals surface area contributed by atoms with Crippen molar-refractivity contribution in [3.63, 3.8) is 0 Å². The van der Waals surface area contributed by atoms with E-state index in [0.717, 1.165) is 12.1 Å². The molecule has 0 atom stereocenters. The monoisotopic (exact) mass is 211 g/mol. The summed E-state index contributed by atoms with van der Waals surface area (Å²) in [5.41, 5.74) is 11.6. The van der Waals surface area contributed by atoms with E-state index in [1.165, 1.54) is 19.2 Å². The van der Waals surface area contributed by atoms with E-state index in [1.807, 2.05) is 0 Å². The van der Waals surface area contributed by atoms with Gasteiger partial charge in [-0.1, -0.05) is 0 Å². The van der Waals surface area contributed by atoms with Gasteiger partial charge in [0.1, 0.15) is 5.84 Å². The second kappa shape index (κ2) is 4.54. The van der Waals surface area contributed by atoms with Crippen molar-refractivity contribution in [2.75, 3.05) is 7.05 Å². The summed E-state index contributed by atoms with van der Waals surface area (Å²) >= 11 is 0. The Kier molecular flexibility index (Phi) is 3.38. The predicted molar refractivity (Wildman–Crippen MR) is 56.1 cm³/mol. The lowest BCUT2D eigenvalue weighted by atomic mass is 10.1. The Morgan fingerprint density at radius 2 is 1.93 bits per heavy atom. The number of amidine groups is 1. The van der Waals surface area contributed by atoms with Crippen LogP contribution in [0.25, 0.3) is 5.70 Å². The fraction of sp³-hybridized carbons (Fsp3) is 0.100. The van der Waals surface area contributed by atoms with Crippen LogP contribution in [-0.4, -0.2) is 12.9 Å². The number of hydrogen-bond donors (Lipinski definition) is 2. The van der Waals surface area contributed by atoms with E-state index in [-0.39, 0.29) is 11.5 Å². The topological polar surface area (TPSA) is 64.4 Å². The van der Waals surface area contributed by atoms with Crippen LogP contribution in [0.3, 0.4) is 0 Å². The zero-order valence-corrected chi connectivity index (χ0v) is 8.17. The van der Waals surface area contributed by atoms with Crippen LogP contribution in [0.5, 0.6) is 0 Å². The van der Waals surface area contributed by atoms with Gasteiger partial charge in [-0.3, -0.25) is 4.99 Å². The number of nitrogens with zero attached hydrogens (tertiary/aromatic N) is 1. The molecule has 0 bridgehead atoms. The molecule has 3 nitrogen and oxygen atoms in total. The maximum Gasteiger partial charge on any atom is 0.159 e. The summed E-state index contributed by atoms with van der Waals surface area (Å²) in [6.45, 7) is 0. The Morgan fingerprint density at radius 1 is 1.27 bits per heavy atom. The standard InChI is InChI=1S/C10H11F2N3/c1-15-10(14)5-9(13)6-2-3-7(11)8(12)4-6/h2-5H,13H2,1H3,(H2,14,15)/b9-5-. The molecule has 0 spiro atoms. The largest absolute Gasteiger partial charge is 0.398 e. The summed E-state index contributed by atoms with van der Waals surface area (Å²) in [5, 5.41) is 0. The van der Waals surface area contributed by atoms with E-state index in [9.17, 15) is 8.78 Å². The molecular weight excluding hydrogens is 200 g/mol.